The average Bonchev–Trinajstić information content (AvgIpc) is 2.70. The van der Waals surface area contributed by atoms with Crippen molar-refractivity contribution in [2.45, 2.75) is 19.8 Å². The molecule has 1 aromatic heterocycles. The Morgan fingerprint density at radius 2 is 2.28 bits per heavy atom. The van der Waals surface area contributed by atoms with Crippen LogP contribution in [0.2, 0.25) is 0 Å². The van der Waals surface area contributed by atoms with E-state index in [1.54, 1.807) is 18.2 Å². The SMILES string of the molecule is CCCc1n[nH]c(=S)n1/N=C\c1ccccc1F. The van der Waals surface area contributed by atoms with Crippen molar-refractivity contribution in [3.8, 4) is 0 Å². The predicted octanol–water partition coefficient (Wildman–Crippen LogP) is 2.91. The van der Waals surface area contributed by atoms with E-state index in [1.165, 1.54) is 17.0 Å². The minimum absolute atomic E-state index is 0.312. The standard InChI is InChI=1S/C12H13FN4S/c1-2-5-11-15-16-12(18)17(11)14-8-9-6-3-4-7-10(9)13/h3-4,6-8H,2,5H2,1H3,(H,16,18)/b14-8-. The molecule has 0 aliphatic heterocycles. The molecule has 1 N–H and O–H groups in total. The number of aryl methyl sites for hydroxylation is 1. The lowest BCUT2D eigenvalue weighted by molar-refractivity contribution is 0.625. The summed E-state index contributed by atoms with van der Waals surface area (Å²) in [4.78, 5) is 0. The smallest absolute Gasteiger partial charge is 0.216 e. The summed E-state index contributed by atoms with van der Waals surface area (Å²) >= 11 is 5.07. The van der Waals surface area contributed by atoms with E-state index in [0.29, 0.717) is 10.3 Å². The molecule has 0 radical (unpaired) electrons. The molecule has 94 valence electrons. The molecule has 0 spiro atoms. The van der Waals surface area contributed by atoms with Crippen molar-refractivity contribution in [2.75, 3.05) is 0 Å². The summed E-state index contributed by atoms with van der Waals surface area (Å²) in [6.45, 7) is 2.04. The number of halogens is 1. The van der Waals surface area contributed by atoms with Gasteiger partial charge in [0, 0.05) is 12.0 Å². The van der Waals surface area contributed by atoms with Crippen LogP contribution < -0.4 is 0 Å². The molecule has 18 heavy (non-hydrogen) atoms. The van der Waals surface area contributed by atoms with Gasteiger partial charge in [0.15, 0.2) is 5.82 Å². The van der Waals surface area contributed by atoms with E-state index in [0.717, 1.165) is 18.7 Å². The molecular weight excluding hydrogens is 251 g/mol. The zero-order chi connectivity index (χ0) is 13.0. The molecule has 0 amide bonds. The van der Waals surface area contributed by atoms with Gasteiger partial charge in [-0.1, -0.05) is 25.1 Å². The summed E-state index contributed by atoms with van der Waals surface area (Å²) in [5.41, 5.74) is 0.419. The first kappa shape index (κ1) is 12.6. The van der Waals surface area contributed by atoms with Gasteiger partial charge in [0.25, 0.3) is 0 Å². The third-order valence-electron chi connectivity index (χ3n) is 2.41. The number of H-pyrrole nitrogens is 1. The van der Waals surface area contributed by atoms with E-state index in [-0.39, 0.29) is 5.82 Å². The molecule has 0 aliphatic rings. The van der Waals surface area contributed by atoms with Crippen molar-refractivity contribution >= 4 is 18.4 Å². The molecule has 0 unspecified atom stereocenters. The molecule has 2 aromatic rings. The molecule has 0 saturated carbocycles. The van der Waals surface area contributed by atoms with Crippen LogP contribution in [-0.4, -0.2) is 21.1 Å². The Morgan fingerprint density at radius 1 is 1.50 bits per heavy atom. The second-order valence-electron chi connectivity index (χ2n) is 3.77. The summed E-state index contributed by atoms with van der Waals surface area (Å²) in [6, 6.07) is 6.44. The molecule has 6 heteroatoms. The van der Waals surface area contributed by atoms with E-state index in [4.69, 9.17) is 12.2 Å². The van der Waals surface area contributed by atoms with Crippen LogP contribution in [0, 0.1) is 10.6 Å². The number of aromatic amines is 1. The number of hydrogen-bond acceptors (Lipinski definition) is 3. The fourth-order valence-corrected chi connectivity index (χ4v) is 1.73. The third kappa shape index (κ3) is 2.70. The molecule has 0 bridgehead atoms. The van der Waals surface area contributed by atoms with Gasteiger partial charge in [0.05, 0.1) is 6.21 Å². The van der Waals surface area contributed by atoms with Crippen LogP contribution >= 0.6 is 12.2 Å². The molecule has 0 atom stereocenters. The van der Waals surface area contributed by atoms with Crippen molar-refractivity contribution in [1.82, 2.24) is 14.9 Å². The van der Waals surface area contributed by atoms with E-state index in [2.05, 4.69) is 15.3 Å². The summed E-state index contributed by atoms with van der Waals surface area (Å²) in [6.07, 6.45) is 3.15. The van der Waals surface area contributed by atoms with Gasteiger partial charge in [-0.3, -0.25) is 5.10 Å². The van der Waals surface area contributed by atoms with Gasteiger partial charge in [0.1, 0.15) is 5.82 Å². The van der Waals surface area contributed by atoms with Crippen LogP contribution in [0.5, 0.6) is 0 Å². The maximum absolute atomic E-state index is 13.4. The molecule has 0 aliphatic carbocycles. The highest BCUT2D eigenvalue weighted by atomic mass is 32.1. The number of rotatable bonds is 4. The zero-order valence-electron chi connectivity index (χ0n) is 9.93. The first-order valence-corrected chi connectivity index (χ1v) is 6.08. The Labute approximate surface area is 109 Å². The van der Waals surface area contributed by atoms with Crippen molar-refractivity contribution in [3.05, 3.63) is 46.2 Å². The second-order valence-corrected chi connectivity index (χ2v) is 4.16. The molecule has 4 nitrogen and oxygen atoms in total. The summed E-state index contributed by atoms with van der Waals surface area (Å²) < 4.78 is 15.3. The number of aromatic nitrogens is 3. The normalized spacial score (nSPS) is 11.2. The van der Waals surface area contributed by atoms with Gasteiger partial charge in [-0.05, 0) is 24.7 Å². The fraction of sp³-hybridized carbons (Fsp3) is 0.250. The zero-order valence-corrected chi connectivity index (χ0v) is 10.7. The van der Waals surface area contributed by atoms with Gasteiger partial charge in [-0.25, -0.2) is 4.39 Å². The van der Waals surface area contributed by atoms with E-state index in [1.807, 2.05) is 6.92 Å². The summed E-state index contributed by atoms with van der Waals surface area (Å²) in [7, 11) is 0. The maximum Gasteiger partial charge on any atom is 0.216 e. The maximum atomic E-state index is 13.4. The topological polar surface area (TPSA) is 46.0 Å². The number of benzene rings is 1. The molecule has 0 fully saturated rings. The van der Waals surface area contributed by atoms with Crippen molar-refractivity contribution in [1.29, 1.82) is 0 Å². The minimum atomic E-state index is -0.312. The Balaban J connectivity index is 2.32. The summed E-state index contributed by atoms with van der Waals surface area (Å²) in [5, 5.41) is 10.9. The van der Waals surface area contributed by atoms with Crippen LogP contribution in [-0.2, 0) is 6.42 Å². The van der Waals surface area contributed by atoms with E-state index < -0.39 is 0 Å². The van der Waals surface area contributed by atoms with E-state index >= 15 is 0 Å². The Kier molecular flexibility index (Phi) is 3.99. The predicted molar refractivity (Wildman–Crippen MR) is 70.8 cm³/mol. The highest BCUT2D eigenvalue weighted by molar-refractivity contribution is 7.71. The van der Waals surface area contributed by atoms with Crippen molar-refractivity contribution in [2.24, 2.45) is 5.10 Å². The van der Waals surface area contributed by atoms with Gasteiger partial charge in [0.2, 0.25) is 4.77 Å². The minimum Gasteiger partial charge on any atom is -0.250 e. The fourth-order valence-electron chi connectivity index (χ4n) is 1.53. The first-order valence-electron chi connectivity index (χ1n) is 5.67. The summed E-state index contributed by atoms with van der Waals surface area (Å²) in [5.74, 6) is 0.434. The molecule has 2 rings (SSSR count). The number of nitrogens with one attached hydrogen (secondary N) is 1. The van der Waals surface area contributed by atoms with Crippen molar-refractivity contribution in [3.63, 3.8) is 0 Å². The van der Waals surface area contributed by atoms with Crippen LogP contribution in [0.1, 0.15) is 24.7 Å². The quantitative estimate of drug-likeness (QED) is 0.681. The molecule has 1 heterocycles. The Hall–Kier alpha value is -1.82. The lowest BCUT2D eigenvalue weighted by Gasteiger charge is -1.99. The lowest BCUT2D eigenvalue weighted by Crippen LogP contribution is -1.99. The lowest BCUT2D eigenvalue weighted by atomic mass is 10.2. The number of nitrogens with zero attached hydrogens (tertiary/aromatic N) is 3. The monoisotopic (exact) mass is 264 g/mol. The second kappa shape index (κ2) is 5.68. The molecule has 0 saturated heterocycles. The van der Waals surface area contributed by atoms with Crippen LogP contribution in [0.25, 0.3) is 0 Å². The average molecular weight is 264 g/mol. The Bertz CT molecular complexity index is 615. The molecular formula is C12H13FN4S. The van der Waals surface area contributed by atoms with E-state index in [9.17, 15) is 4.39 Å². The van der Waals surface area contributed by atoms with Gasteiger partial charge < -0.3 is 0 Å². The van der Waals surface area contributed by atoms with Crippen LogP contribution in [0.15, 0.2) is 29.4 Å². The van der Waals surface area contributed by atoms with Crippen LogP contribution in [0.3, 0.4) is 0 Å². The van der Waals surface area contributed by atoms with Crippen molar-refractivity contribution < 1.29 is 4.39 Å². The third-order valence-corrected chi connectivity index (χ3v) is 2.67. The van der Waals surface area contributed by atoms with Gasteiger partial charge in [-0.2, -0.15) is 14.9 Å². The highest BCUT2D eigenvalue weighted by Crippen LogP contribution is 2.05. The van der Waals surface area contributed by atoms with Crippen LogP contribution in [0.4, 0.5) is 4.39 Å². The molecule has 1 aromatic carbocycles. The number of hydrogen-bond donors (Lipinski definition) is 1. The first-order chi connectivity index (χ1) is 8.72. The largest absolute Gasteiger partial charge is 0.250 e. The van der Waals surface area contributed by atoms with Gasteiger partial charge in [-0.15, -0.1) is 0 Å². The Morgan fingerprint density at radius 3 is 3.00 bits per heavy atom. The van der Waals surface area contributed by atoms with Gasteiger partial charge >= 0.3 is 0 Å². The highest BCUT2D eigenvalue weighted by Gasteiger charge is 2.03.